The van der Waals surface area contributed by atoms with E-state index >= 15 is 0 Å². The number of hydrogen-bond acceptors (Lipinski definition) is 11. The Bertz CT molecular complexity index is 1390. The Labute approximate surface area is 314 Å². The molecule has 11 nitrogen and oxygen atoms in total. The van der Waals surface area contributed by atoms with Crippen molar-refractivity contribution >= 4 is 23.5 Å². The van der Waals surface area contributed by atoms with Gasteiger partial charge in [-0.2, -0.15) is 0 Å². The Morgan fingerprint density at radius 1 is 1.23 bits per heavy atom. The Morgan fingerprint density at radius 2 is 1.90 bits per heavy atom. The zero-order valence-electron chi connectivity index (χ0n) is 32.0. The number of esters is 2. The highest BCUT2D eigenvalue weighted by Gasteiger charge is 2.56. The molecule has 292 valence electrons. The molecule has 1 aromatic rings. The molecule has 52 heavy (non-hydrogen) atoms. The van der Waals surface area contributed by atoms with Gasteiger partial charge in [-0.3, -0.25) is 14.5 Å². The highest BCUT2D eigenvalue weighted by atomic mass is 35.5. The number of carbonyl (C=O) groups excluding carboxylic acids is 2. The van der Waals surface area contributed by atoms with Crippen molar-refractivity contribution < 1.29 is 43.9 Å². The average Bonchev–Trinajstić information content (AvgIpc) is 3.85. The van der Waals surface area contributed by atoms with E-state index in [0.29, 0.717) is 30.2 Å². The van der Waals surface area contributed by atoms with Crippen LogP contribution in [-0.2, 0) is 35.1 Å². The number of hydrogen-bond donors (Lipinski definition) is 4. The van der Waals surface area contributed by atoms with Crippen LogP contribution in [0.25, 0.3) is 0 Å². The highest BCUT2D eigenvalue weighted by molar-refractivity contribution is 6.30. The molecule has 2 aliphatic rings. The summed E-state index contributed by atoms with van der Waals surface area (Å²) in [6, 6.07) is 7.12. The van der Waals surface area contributed by atoms with Crippen molar-refractivity contribution in [1.82, 2.24) is 4.90 Å². The van der Waals surface area contributed by atoms with Crippen LogP contribution in [0.4, 0.5) is 0 Å². The van der Waals surface area contributed by atoms with E-state index in [0.717, 1.165) is 12.0 Å². The van der Waals surface area contributed by atoms with Gasteiger partial charge in [0.1, 0.15) is 23.9 Å². The number of halogens is 1. The molecule has 1 saturated heterocycles. The molecule has 2 heterocycles. The van der Waals surface area contributed by atoms with Gasteiger partial charge in [0.2, 0.25) is 0 Å². The van der Waals surface area contributed by atoms with E-state index in [-0.39, 0.29) is 43.5 Å². The lowest BCUT2D eigenvalue weighted by atomic mass is 9.85. The number of epoxide rings is 1. The van der Waals surface area contributed by atoms with Gasteiger partial charge < -0.3 is 40.0 Å². The van der Waals surface area contributed by atoms with Crippen LogP contribution in [0.1, 0.15) is 79.7 Å². The third-order valence-electron chi connectivity index (χ3n) is 10.2. The summed E-state index contributed by atoms with van der Waals surface area (Å²) in [6.45, 7) is 13.8. The molecule has 2 aliphatic heterocycles. The molecule has 0 aromatic heterocycles. The number of cyclic esters (lactones) is 1. The zero-order valence-corrected chi connectivity index (χ0v) is 32.8. The third kappa shape index (κ3) is 12.5. The number of nitrogens with zero attached hydrogens (tertiary/aromatic N) is 1. The number of rotatable bonds is 15. The molecule has 0 saturated carbocycles. The van der Waals surface area contributed by atoms with Crippen molar-refractivity contribution in [3.63, 3.8) is 0 Å². The van der Waals surface area contributed by atoms with Crippen molar-refractivity contribution in [2.75, 3.05) is 20.2 Å². The van der Waals surface area contributed by atoms with Crippen molar-refractivity contribution in [3.05, 3.63) is 70.8 Å². The van der Waals surface area contributed by atoms with Crippen molar-refractivity contribution in [2.24, 2.45) is 17.6 Å². The summed E-state index contributed by atoms with van der Waals surface area (Å²) in [6.07, 6.45) is 6.19. The Hall–Kier alpha value is -2.61. The molecule has 5 N–H and O–H groups in total. The molecule has 1 aromatic carbocycles. The Kier molecular flexibility index (Phi) is 16.5. The largest absolute Gasteiger partial charge is 0.457 e. The second-order valence-corrected chi connectivity index (χ2v) is 15.3. The summed E-state index contributed by atoms with van der Waals surface area (Å²) >= 11 is 6.17. The van der Waals surface area contributed by atoms with E-state index in [1.807, 2.05) is 38.1 Å². The first-order valence-electron chi connectivity index (χ1n) is 18.3. The van der Waals surface area contributed by atoms with Gasteiger partial charge in [-0.15, -0.1) is 0 Å². The van der Waals surface area contributed by atoms with Crippen molar-refractivity contribution in [1.29, 1.82) is 0 Å². The van der Waals surface area contributed by atoms with E-state index in [4.69, 9.17) is 36.3 Å². The van der Waals surface area contributed by atoms with Gasteiger partial charge >= 0.3 is 11.9 Å². The molecule has 7 unspecified atom stereocenters. The van der Waals surface area contributed by atoms with Gasteiger partial charge in [-0.05, 0) is 69.4 Å². The van der Waals surface area contributed by atoms with Crippen LogP contribution >= 0.6 is 11.6 Å². The summed E-state index contributed by atoms with van der Waals surface area (Å²) in [5.74, 6) is -1.44. The molecular weight excluding hydrogens is 688 g/mol. The maximum Gasteiger partial charge on any atom is 0.309 e. The highest BCUT2D eigenvalue weighted by Crippen LogP contribution is 2.41. The molecule has 0 aliphatic carbocycles. The third-order valence-corrected chi connectivity index (χ3v) is 10.5. The number of benzene rings is 1. The van der Waals surface area contributed by atoms with E-state index in [1.165, 1.54) is 6.92 Å². The van der Waals surface area contributed by atoms with Crippen LogP contribution in [0.5, 0.6) is 0 Å². The lowest BCUT2D eigenvalue weighted by Crippen LogP contribution is -2.55. The predicted octanol–water partition coefficient (Wildman–Crippen LogP) is 4.88. The number of allylic oxidation sites excluding steroid dienone is 2. The number of ether oxygens (including phenoxy) is 4. The smallest absolute Gasteiger partial charge is 0.309 e. The van der Waals surface area contributed by atoms with Gasteiger partial charge in [-0.25, -0.2) is 0 Å². The Balaban J connectivity index is 1.96. The summed E-state index contributed by atoms with van der Waals surface area (Å²) in [5, 5.41) is 34.6. The van der Waals surface area contributed by atoms with Crippen LogP contribution in [0.15, 0.2) is 60.2 Å². The van der Waals surface area contributed by atoms with Crippen LogP contribution in [-0.4, -0.2) is 106 Å². The first-order valence-corrected chi connectivity index (χ1v) is 18.7. The molecule has 0 spiro atoms. The molecule has 12 heteroatoms. The monoisotopic (exact) mass is 748 g/mol. The van der Waals surface area contributed by atoms with Gasteiger partial charge in [0.15, 0.2) is 0 Å². The average molecular weight is 749 g/mol. The molecule has 3 rings (SSSR count). The first-order chi connectivity index (χ1) is 24.4. The van der Waals surface area contributed by atoms with Gasteiger partial charge in [0.25, 0.3) is 0 Å². The van der Waals surface area contributed by atoms with Crippen molar-refractivity contribution in [2.45, 2.75) is 135 Å². The minimum Gasteiger partial charge on any atom is -0.457 e. The van der Waals surface area contributed by atoms with E-state index < -0.39 is 53.4 Å². The van der Waals surface area contributed by atoms with E-state index in [9.17, 15) is 24.9 Å². The lowest BCUT2D eigenvalue weighted by molar-refractivity contribution is -0.157. The fourth-order valence-electron chi connectivity index (χ4n) is 7.21. The standard InChI is InChI=1S/C40H61ClN2O9/c1-9-32(49-8)27(4)36-37(52-36)38(43(22-21-42)24-29-13-15-30(41)16-14-29)40(7,48)19-10-11-25(2)35-26(3)12-17-33(50-28(5)44)39(6,47)20-18-31(45)23-34(46)51-35/h10-17,19,26-27,31-33,35-38,45,47-48H,9,18,20-24,42H2,1-8H3/b17-12+,19-10+,25-11+/t26?,27-,31?,32+,33+,35-,36?,37?,38?,39?,40?/m1/s1. The van der Waals surface area contributed by atoms with Gasteiger partial charge in [0, 0.05) is 50.5 Å². The SMILES string of the molecule is CC[C@H](OC)[C@@H](C)C1OC1C(N(CCN)Cc1ccc(Cl)cc1)C(C)(O)/C=C/C=C(\C)[C@H]1OC(=O)CC(O)CCC(C)(O)[C@@H](OC(C)=O)/C=C/C1C. The van der Waals surface area contributed by atoms with Crippen LogP contribution in [0.2, 0.25) is 5.02 Å². The maximum absolute atomic E-state index is 13.0. The Morgan fingerprint density at radius 3 is 2.50 bits per heavy atom. The molecule has 0 radical (unpaired) electrons. The number of carbonyl (C=O) groups is 2. The molecular formula is C40H61ClN2O9. The topological polar surface area (TPSA) is 164 Å². The van der Waals surface area contributed by atoms with Crippen molar-refractivity contribution in [3.8, 4) is 0 Å². The lowest BCUT2D eigenvalue weighted by Gasteiger charge is -2.39. The number of nitrogens with two attached hydrogens (primary N) is 1. The quantitative estimate of drug-likeness (QED) is 0.0837. The summed E-state index contributed by atoms with van der Waals surface area (Å²) in [4.78, 5) is 27.0. The summed E-state index contributed by atoms with van der Waals surface area (Å²) in [7, 11) is 1.70. The first kappa shape index (κ1) is 43.8. The summed E-state index contributed by atoms with van der Waals surface area (Å²) < 4.78 is 23.4. The molecule has 0 amide bonds. The van der Waals surface area contributed by atoms with Crippen LogP contribution in [0, 0.1) is 11.8 Å². The molecule has 0 bridgehead atoms. The van der Waals surface area contributed by atoms with Crippen LogP contribution in [0.3, 0.4) is 0 Å². The fraction of sp³-hybridized carbons (Fsp3) is 0.650. The number of methoxy groups -OCH3 is 1. The van der Waals surface area contributed by atoms with Crippen LogP contribution < -0.4 is 5.73 Å². The predicted molar refractivity (Wildman–Crippen MR) is 201 cm³/mol. The minimum absolute atomic E-state index is 0.00202. The van der Waals surface area contributed by atoms with E-state index in [2.05, 4.69) is 18.7 Å². The van der Waals surface area contributed by atoms with Gasteiger partial charge in [-0.1, -0.05) is 68.8 Å². The normalized spacial score (nSPS) is 31.1. The molecule has 1 fully saturated rings. The van der Waals surface area contributed by atoms with E-state index in [1.54, 1.807) is 51.3 Å². The molecule has 11 atom stereocenters. The zero-order chi connectivity index (χ0) is 38.8. The maximum atomic E-state index is 13.0. The minimum atomic E-state index is -1.47. The van der Waals surface area contributed by atoms with Gasteiger partial charge in [0.05, 0.1) is 36.4 Å². The number of aliphatic hydroxyl groups excluding tert-OH is 1. The second kappa shape index (κ2) is 19.6. The summed E-state index contributed by atoms with van der Waals surface area (Å²) in [5.41, 5.74) is 4.96. The fourth-order valence-corrected chi connectivity index (χ4v) is 7.34. The second-order valence-electron chi connectivity index (χ2n) is 14.9. The number of aliphatic hydroxyl groups is 3.